The van der Waals surface area contributed by atoms with Gasteiger partial charge in [0.05, 0.1) is 0 Å². The molecule has 1 fully saturated rings. The van der Waals surface area contributed by atoms with E-state index < -0.39 is 0 Å². The number of rotatable bonds is 4. The minimum absolute atomic E-state index is 0.106. The summed E-state index contributed by atoms with van der Waals surface area (Å²) in [6, 6.07) is 19.9. The minimum Gasteiger partial charge on any atom is -0.353 e. The molecule has 2 aromatic carbocycles. The molecule has 0 spiro atoms. The number of carbonyl (C=O) groups is 1. The van der Waals surface area contributed by atoms with Crippen LogP contribution in [0.25, 0.3) is 11.4 Å². The third kappa shape index (κ3) is 3.88. The van der Waals surface area contributed by atoms with Gasteiger partial charge in [-0.15, -0.1) is 0 Å². The third-order valence-corrected chi connectivity index (χ3v) is 5.17. The number of amides is 1. The number of benzene rings is 2. The van der Waals surface area contributed by atoms with E-state index in [1.165, 1.54) is 5.56 Å². The summed E-state index contributed by atoms with van der Waals surface area (Å²) in [6.45, 7) is 5.04. The standard InChI is InChI=1S/C23H24N4O/c1-2-18-8-10-20(11-9-18)23(28)27-16-14-26(15-17-27)21-12-13-24-22(25-21)19-6-4-3-5-7-19/h3-13H,2,14-17H2,1H3. The maximum absolute atomic E-state index is 12.8. The van der Waals surface area contributed by atoms with Crippen LogP contribution in [0.1, 0.15) is 22.8 Å². The third-order valence-electron chi connectivity index (χ3n) is 5.17. The first-order chi connectivity index (χ1) is 13.7. The molecular formula is C23H24N4O. The van der Waals surface area contributed by atoms with E-state index >= 15 is 0 Å². The maximum atomic E-state index is 12.8. The van der Waals surface area contributed by atoms with Crippen molar-refractivity contribution in [3.05, 3.63) is 78.0 Å². The van der Waals surface area contributed by atoms with E-state index in [1.807, 2.05) is 65.6 Å². The second-order valence-corrected chi connectivity index (χ2v) is 6.93. The lowest BCUT2D eigenvalue weighted by atomic mass is 10.1. The quantitative estimate of drug-likeness (QED) is 0.701. The molecule has 0 atom stereocenters. The summed E-state index contributed by atoms with van der Waals surface area (Å²) in [4.78, 5) is 26.0. The molecule has 1 aromatic heterocycles. The van der Waals surface area contributed by atoms with Gasteiger partial charge in [-0.2, -0.15) is 0 Å². The Balaban J connectivity index is 1.42. The van der Waals surface area contributed by atoms with Crippen molar-refractivity contribution in [1.82, 2.24) is 14.9 Å². The van der Waals surface area contributed by atoms with Crippen LogP contribution in [-0.2, 0) is 6.42 Å². The Kier molecular flexibility index (Phi) is 5.33. The number of aryl methyl sites for hydroxylation is 1. The first kappa shape index (κ1) is 18.2. The molecule has 1 aliphatic heterocycles. The monoisotopic (exact) mass is 372 g/mol. The average Bonchev–Trinajstić information content (AvgIpc) is 2.79. The van der Waals surface area contributed by atoms with Gasteiger partial charge in [-0.05, 0) is 30.2 Å². The van der Waals surface area contributed by atoms with Crippen LogP contribution >= 0.6 is 0 Å². The zero-order valence-electron chi connectivity index (χ0n) is 16.1. The van der Waals surface area contributed by atoms with Gasteiger partial charge in [-0.3, -0.25) is 4.79 Å². The van der Waals surface area contributed by atoms with E-state index in [2.05, 4.69) is 16.8 Å². The fourth-order valence-electron chi connectivity index (χ4n) is 3.46. The fraction of sp³-hybridized carbons (Fsp3) is 0.261. The molecule has 0 N–H and O–H groups in total. The van der Waals surface area contributed by atoms with Gasteiger partial charge >= 0.3 is 0 Å². The number of aromatic nitrogens is 2. The molecule has 142 valence electrons. The van der Waals surface area contributed by atoms with Gasteiger partial charge in [0.25, 0.3) is 5.91 Å². The summed E-state index contributed by atoms with van der Waals surface area (Å²) in [6.07, 6.45) is 2.79. The highest BCUT2D eigenvalue weighted by Gasteiger charge is 2.23. The Morgan fingerprint density at radius 1 is 0.929 bits per heavy atom. The van der Waals surface area contributed by atoms with Crippen LogP contribution in [0.5, 0.6) is 0 Å². The molecule has 2 heterocycles. The summed E-state index contributed by atoms with van der Waals surface area (Å²) in [5.74, 6) is 1.75. The van der Waals surface area contributed by atoms with Crippen LogP contribution in [0.3, 0.4) is 0 Å². The first-order valence-electron chi connectivity index (χ1n) is 9.76. The topological polar surface area (TPSA) is 49.3 Å². The van der Waals surface area contributed by atoms with Crippen LogP contribution in [-0.4, -0.2) is 47.0 Å². The number of hydrogen-bond donors (Lipinski definition) is 0. The lowest BCUT2D eigenvalue weighted by molar-refractivity contribution is 0.0746. The largest absolute Gasteiger partial charge is 0.353 e. The van der Waals surface area contributed by atoms with Crippen LogP contribution in [0, 0.1) is 0 Å². The molecule has 0 unspecified atom stereocenters. The molecule has 1 aliphatic rings. The average molecular weight is 372 g/mol. The van der Waals surface area contributed by atoms with Crippen molar-refractivity contribution in [3.8, 4) is 11.4 Å². The van der Waals surface area contributed by atoms with Gasteiger partial charge in [-0.1, -0.05) is 49.4 Å². The Morgan fingerprint density at radius 3 is 2.32 bits per heavy atom. The molecule has 0 radical (unpaired) electrons. The van der Waals surface area contributed by atoms with Crippen molar-refractivity contribution in [2.24, 2.45) is 0 Å². The predicted octanol–water partition coefficient (Wildman–Crippen LogP) is 3.67. The van der Waals surface area contributed by atoms with Crippen molar-refractivity contribution in [2.45, 2.75) is 13.3 Å². The molecule has 0 aliphatic carbocycles. The van der Waals surface area contributed by atoms with E-state index in [0.29, 0.717) is 13.1 Å². The molecule has 3 aromatic rings. The van der Waals surface area contributed by atoms with Crippen LogP contribution in [0.2, 0.25) is 0 Å². The number of anilines is 1. The van der Waals surface area contributed by atoms with Gasteiger partial charge in [0.15, 0.2) is 5.82 Å². The minimum atomic E-state index is 0.106. The smallest absolute Gasteiger partial charge is 0.253 e. The van der Waals surface area contributed by atoms with Crippen molar-refractivity contribution < 1.29 is 4.79 Å². The van der Waals surface area contributed by atoms with Crippen LogP contribution in [0.4, 0.5) is 5.82 Å². The Bertz CT molecular complexity index is 932. The molecule has 5 nitrogen and oxygen atoms in total. The summed E-state index contributed by atoms with van der Waals surface area (Å²) >= 11 is 0. The van der Waals surface area contributed by atoms with E-state index in [-0.39, 0.29) is 5.91 Å². The summed E-state index contributed by atoms with van der Waals surface area (Å²) in [5, 5.41) is 0. The second-order valence-electron chi connectivity index (χ2n) is 6.93. The first-order valence-corrected chi connectivity index (χ1v) is 9.76. The molecule has 4 rings (SSSR count). The molecule has 1 amide bonds. The Labute approximate surface area is 165 Å². The van der Waals surface area contributed by atoms with Crippen molar-refractivity contribution >= 4 is 11.7 Å². The maximum Gasteiger partial charge on any atom is 0.253 e. The van der Waals surface area contributed by atoms with Gasteiger partial charge < -0.3 is 9.80 Å². The van der Waals surface area contributed by atoms with Gasteiger partial charge in [0.2, 0.25) is 0 Å². The van der Waals surface area contributed by atoms with Crippen molar-refractivity contribution in [3.63, 3.8) is 0 Å². The summed E-state index contributed by atoms with van der Waals surface area (Å²) in [5.41, 5.74) is 3.02. The lowest BCUT2D eigenvalue weighted by Crippen LogP contribution is -2.49. The highest BCUT2D eigenvalue weighted by Crippen LogP contribution is 2.20. The van der Waals surface area contributed by atoms with Crippen molar-refractivity contribution in [1.29, 1.82) is 0 Å². The molecule has 5 heteroatoms. The highest BCUT2D eigenvalue weighted by atomic mass is 16.2. The second kappa shape index (κ2) is 8.21. The van der Waals surface area contributed by atoms with E-state index in [0.717, 1.165) is 42.3 Å². The number of nitrogens with zero attached hydrogens (tertiary/aromatic N) is 4. The van der Waals surface area contributed by atoms with Crippen LogP contribution < -0.4 is 4.90 Å². The molecule has 0 bridgehead atoms. The number of piperazine rings is 1. The Hall–Kier alpha value is -3.21. The van der Waals surface area contributed by atoms with Gasteiger partial charge in [0, 0.05) is 43.5 Å². The molecular weight excluding hydrogens is 348 g/mol. The molecule has 1 saturated heterocycles. The zero-order valence-corrected chi connectivity index (χ0v) is 16.1. The van der Waals surface area contributed by atoms with E-state index in [4.69, 9.17) is 4.98 Å². The zero-order chi connectivity index (χ0) is 19.3. The highest BCUT2D eigenvalue weighted by molar-refractivity contribution is 5.94. The van der Waals surface area contributed by atoms with E-state index in [9.17, 15) is 4.79 Å². The van der Waals surface area contributed by atoms with E-state index in [1.54, 1.807) is 6.20 Å². The van der Waals surface area contributed by atoms with Crippen molar-refractivity contribution in [2.75, 3.05) is 31.1 Å². The molecule has 0 saturated carbocycles. The van der Waals surface area contributed by atoms with Crippen LogP contribution in [0.15, 0.2) is 66.9 Å². The molecule has 28 heavy (non-hydrogen) atoms. The summed E-state index contributed by atoms with van der Waals surface area (Å²) in [7, 11) is 0. The number of hydrogen-bond acceptors (Lipinski definition) is 4. The fourth-order valence-corrected chi connectivity index (χ4v) is 3.46. The lowest BCUT2D eigenvalue weighted by Gasteiger charge is -2.35. The normalized spacial score (nSPS) is 14.2. The van der Waals surface area contributed by atoms with Gasteiger partial charge in [0.1, 0.15) is 5.82 Å². The SMILES string of the molecule is CCc1ccc(C(=O)N2CCN(c3ccnc(-c4ccccc4)n3)CC2)cc1. The summed E-state index contributed by atoms with van der Waals surface area (Å²) < 4.78 is 0. The van der Waals surface area contributed by atoms with Gasteiger partial charge in [-0.25, -0.2) is 9.97 Å². The Morgan fingerprint density at radius 2 is 1.64 bits per heavy atom. The number of carbonyl (C=O) groups excluding carboxylic acids is 1. The predicted molar refractivity (Wildman–Crippen MR) is 111 cm³/mol.